The van der Waals surface area contributed by atoms with Crippen LogP contribution in [0.2, 0.25) is 0 Å². The molecule has 1 amide bonds. The standard InChI is InChI=1S/C16H26N2O3/c1-2-16(15(20)21)7-4-8-18(10-16)14(19)13-12-6-3-5-11(12)9-17-13/h11-13,17H,2-10H2,1H3,(H,20,21). The summed E-state index contributed by atoms with van der Waals surface area (Å²) >= 11 is 0. The predicted molar refractivity (Wildman–Crippen MR) is 78.8 cm³/mol. The molecule has 0 aromatic rings. The van der Waals surface area contributed by atoms with Gasteiger partial charge >= 0.3 is 5.97 Å². The van der Waals surface area contributed by atoms with Crippen LogP contribution in [0.1, 0.15) is 45.4 Å². The van der Waals surface area contributed by atoms with Gasteiger partial charge in [-0.3, -0.25) is 9.59 Å². The summed E-state index contributed by atoms with van der Waals surface area (Å²) in [6, 6.07) is -0.0704. The zero-order valence-electron chi connectivity index (χ0n) is 12.8. The number of carboxylic acid groups (broad SMARTS) is 1. The average molecular weight is 294 g/mol. The molecule has 4 unspecified atom stereocenters. The minimum absolute atomic E-state index is 0.0704. The molecule has 0 bridgehead atoms. The molecule has 2 aliphatic heterocycles. The van der Waals surface area contributed by atoms with Crippen LogP contribution >= 0.6 is 0 Å². The first-order valence-electron chi connectivity index (χ1n) is 8.33. The van der Waals surface area contributed by atoms with Crippen molar-refractivity contribution in [2.24, 2.45) is 17.3 Å². The van der Waals surface area contributed by atoms with Gasteiger partial charge in [-0.1, -0.05) is 13.3 Å². The summed E-state index contributed by atoms with van der Waals surface area (Å²) in [6.45, 7) is 3.96. The molecule has 0 radical (unpaired) electrons. The van der Waals surface area contributed by atoms with Crippen LogP contribution in [-0.4, -0.2) is 47.6 Å². The molecule has 2 heterocycles. The Labute approximate surface area is 126 Å². The quantitative estimate of drug-likeness (QED) is 0.827. The molecule has 3 fully saturated rings. The Morgan fingerprint density at radius 3 is 2.86 bits per heavy atom. The first-order chi connectivity index (χ1) is 10.1. The van der Waals surface area contributed by atoms with E-state index < -0.39 is 11.4 Å². The van der Waals surface area contributed by atoms with Crippen LogP contribution < -0.4 is 5.32 Å². The summed E-state index contributed by atoms with van der Waals surface area (Å²) in [7, 11) is 0. The van der Waals surface area contributed by atoms with Crippen LogP contribution in [0.5, 0.6) is 0 Å². The highest BCUT2D eigenvalue weighted by Crippen LogP contribution is 2.39. The number of aliphatic carboxylic acids is 1. The van der Waals surface area contributed by atoms with Gasteiger partial charge in [0.05, 0.1) is 11.5 Å². The number of fused-ring (bicyclic) bond motifs is 1. The summed E-state index contributed by atoms with van der Waals surface area (Å²) < 4.78 is 0. The van der Waals surface area contributed by atoms with E-state index in [0.717, 1.165) is 19.4 Å². The van der Waals surface area contributed by atoms with E-state index in [0.29, 0.717) is 37.8 Å². The molecule has 2 N–H and O–H groups in total. The molecule has 0 aromatic heterocycles. The normalized spacial score (nSPS) is 39.3. The average Bonchev–Trinajstić information content (AvgIpc) is 3.09. The monoisotopic (exact) mass is 294 g/mol. The van der Waals surface area contributed by atoms with Gasteiger partial charge in [-0.05, 0) is 50.5 Å². The largest absolute Gasteiger partial charge is 0.481 e. The first-order valence-corrected chi connectivity index (χ1v) is 8.33. The maximum Gasteiger partial charge on any atom is 0.311 e. The predicted octanol–water partition coefficient (Wildman–Crippen LogP) is 1.48. The number of hydrogen-bond acceptors (Lipinski definition) is 3. The molecule has 1 saturated carbocycles. The van der Waals surface area contributed by atoms with E-state index in [1.54, 1.807) is 0 Å². The number of nitrogens with zero attached hydrogens (tertiary/aromatic N) is 1. The van der Waals surface area contributed by atoms with Crippen molar-refractivity contribution in [2.45, 2.75) is 51.5 Å². The maximum absolute atomic E-state index is 12.8. The topological polar surface area (TPSA) is 69.6 Å². The molecule has 5 nitrogen and oxygen atoms in total. The lowest BCUT2D eigenvalue weighted by Crippen LogP contribution is -2.54. The molecule has 118 valence electrons. The molecule has 0 spiro atoms. The fourth-order valence-corrected chi connectivity index (χ4v) is 4.59. The third-order valence-electron chi connectivity index (χ3n) is 6.03. The highest BCUT2D eigenvalue weighted by molar-refractivity contribution is 5.84. The van der Waals surface area contributed by atoms with E-state index in [1.807, 2.05) is 11.8 Å². The lowest BCUT2D eigenvalue weighted by molar-refractivity contribution is -0.155. The molecule has 0 aromatic carbocycles. The molecule has 4 atom stereocenters. The highest BCUT2D eigenvalue weighted by atomic mass is 16.4. The Morgan fingerprint density at radius 2 is 2.14 bits per heavy atom. The lowest BCUT2D eigenvalue weighted by atomic mass is 9.77. The SMILES string of the molecule is CCC1(C(=O)O)CCCN(C(=O)C2NCC3CCCC32)C1. The van der Waals surface area contributed by atoms with Gasteiger partial charge in [0.2, 0.25) is 5.91 Å². The summed E-state index contributed by atoms with van der Waals surface area (Å²) in [4.78, 5) is 26.3. The number of rotatable bonds is 3. The van der Waals surface area contributed by atoms with Crippen molar-refractivity contribution in [3.05, 3.63) is 0 Å². The van der Waals surface area contributed by atoms with Crippen LogP contribution in [-0.2, 0) is 9.59 Å². The van der Waals surface area contributed by atoms with Crippen molar-refractivity contribution in [1.82, 2.24) is 10.2 Å². The smallest absolute Gasteiger partial charge is 0.311 e. The number of likely N-dealkylation sites (tertiary alicyclic amines) is 1. The Bertz CT molecular complexity index is 439. The van der Waals surface area contributed by atoms with Crippen molar-refractivity contribution >= 4 is 11.9 Å². The van der Waals surface area contributed by atoms with Crippen molar-refractivity contribution < 1.29 is 14.7 Å². The summed E-state index contributed by atoms with van der Waals surface area (Å²) in [5.74, 6) is 0.517. The van der Waals surface area contributed by atoms with Crippen molar-refractivity contribution in [2.75, 3.05) is 19.6 Å². The summed E-state index contributed by atoms with van der Waals surface area (Å²) in [5, 5.41) is 12.9. The number of hydrogen-bond donors (Lipinski definition) is 2. The molecule has 2 saturated heterocycles. The van der Waals surface area contributed by atoms with Gasteiger partial charge in [0.15, 0.2) is 0 Å². The first kappa shape index (κ1) is 14.8. The van der Waals surface area contributed by atoms with Gasteiger partial charge in [-0.15, -0.1) is 0 Å². The number of amides is 1. The molecular weight excluding hydrogens is 268 g/mol. The molecule has 3 aliphatic rings. The van der Waals surface area contributed by atoms with Gasteiger partial charge in [-0.2, -0.15) is 0 Å². The summed E-state index contributed by atoms with van der Waals surface area (Å²) in [5.41, 5.74) is -0.735. The van der Waals surface area contributed by atoms with E-state index in [2.05, 4.69) is 5.32 Å². The number of carbonyl (C=O) groups excluding carboxylic acids is 1. The second-order valence-electron chi connectivity index (χ2n) is 7.04. The number of carboxylic acids is 1. The van der Waals surface area contributed by atoms with Crippen LogP contribution in [0.15, 0.2) is 0 Å². The molecule has 21 heavy (non-hydrogen) atoms. The Kier molecular flexibility index (Phi) is 3.95. The van der Waals surface area contributed by atoms with Crippen LogP contribution in [0.4, 0.5) is 0 Å². The Hall–Kier alpha value is -1.10. The van der Waals surface area contributed by atoms with E-state index in [-0.39, 0.29) is 11.9 Å². The zero-order valence-corrected chi connectivity index (χ0v) is 12.8. The van der Waals surface area contributed by atoms with Gasteiger partial charge < -0.3 is 15.3 Å². The zero-order chi connectivity index (χ0) is 15.0. The highest BCUT2D eigenvalue weighted by Gasteiger charge is 2.47. The lowest BCUT2D eigenvalue weighted by Gasteiger charge is -2.40. The van der Waals surface area contributed by atoms with Crippen LogP contribution in [0.3, 0.4) is 0 Å². The minimum atomic E-state index is -0.749. The Morgan fingerprint density at radius 1 is 1.33 bits per heavy atom. The van der Waals surface area contributed by atoms with Crippen molar-refractivity contribution in [3.63, 3.8) is 0 Å². The van der Waals surface area contributed by atoms with E-state index in [1.165, 1.54) is 12.8 Å². The Balaban J connectivity index is 1.71. The fourth-order valence-electron chi connectivity index (χ4n) is 4.59. The van der Waals surface area contributed by atoms with E-state index in [4.69, 9.17) is 0 Å². The van der Waals surface area contributed by atoms with Crippen molar-refractivity contribution in [1.29, 1.82) is 0 Å². The van der Waals surface area contributed by atoms with Gasteiger partial charge in [0, 0.05) is 13.1 Å². The van der Waals surface area contributed by atoms with E-state index in [9.17, 15) is 14.7 Å². The molecular formula is C16H26N2O3. The summed E-state index contributed by atoms with van der Waals surface area (Å²) in [6.07, 6.45) is 5.68. The number of piperidine rings is 1. The van der Waals surface area contributed by atoms with Crippen LogP contribution in [0.25, 0.3) is 0 Å². The maximum atomic E-state index is 12.8. The van der Waals surface area contributed by atoms with Gasteiger partial charge in [0.1, 0.15) is 0 Å². The second kappa shape index (κ2) is 5.59. The number of carbonyl (C=O) groups is 2. The van der Waals surface area contributed by atoms with E-state index >= 15 is 0 Å². The van der Waals surface area contributed by atoms with Crippen LogP contribution in [0, 0.1) is 17.3 Å². The van der Waals surface area contributed by atoms with Gasteiger partial charge in [-0.25, -0.2) is 0 Å². The number of nitrogens with one attached hydrogen (secondary N) is 1. The minimum Gasteiger partial charge on any atom is -0.481 e. The van der Waals surface area contributed by atoms with Gasteiger partial charge in [0.25, 0.3) is 0 Å². The fraction of sp³-hybridized carbons (Fsp3) is 0.875. The molecule has 3 rings (SSSR count). The third kappa shape index (κ3) is 2.45. The van der Waals surface area contributed by atoms with Crippen molar-refractivity contribution in [3.8, 4) is 0 Å². The second-order valence-corrected chi connectivity index (χ2v) is 7.04. The third-order valence-corrected chi connectivity index (χ3v) is 6.03. The molecule has 5 heteroatoms. The molecule has 1 aliphatic carbocycles.